The molecule has 1 N–H and O–H groups in total. The molecular formula is C18H22F2N2O4. The van der Waals surface area contributed by atoms with E-state index in [9.17, 15) is 23.2 Å². The van der Waals surface area contributed by atoms with Crippen LogP contribution in [0.3, 0.4) is 0 Å². The number of ether oxygens (including phenoxy) is 1. The van der Waals surface area contributed by atoms with Crippen molar-refractivity contribution >= 4 is 17.8 Å². The minimum atomic E-state index is -0.956. The van der Waals surface area contributed by atoms with E-state index >= 15 is 0 Å². The molecule has 1 aliphatic rings. The van der Waals surface area contributed by atoms with Crippen molar-refractivity contribution in [2.45, 2.75) is 26.2 Å². The lowest BCUT2D eigenvalue weighted by Gasteiger charge is -2.31. The van der Waals surface area contributed by atoms with Gasteiger partial charge in [0.25, 0.3) is 5.91 Å². The van der Waals surface area contributed by atoms with E-state index in [1.54, 1.807) is 11.8 Å². The maximum Gasteiger partial charge on any atom is 0.310 e. The SMILES string of the molecule is CCOC(=O)C1CCCN(C(=O)CCNC(=O)c2ccc(F)cc2F)C1. The molecule has 1 atom stereocenters. The third kappa shape index (κ3) is 5.24. The Kier molecular flexibility index (Phi) is 7.06. The number of esters is 1. The highest BCUT2D eigenvalue weighted by molar-refractivity contribution is 5.94. The minimum absolute atomic E-state index is 0.0229. The summed E-state index contributed by atoms with van der Waals surface area (Å²) >= 11 is 0. The Bertz CT molecular complexity index is 681. The van der Waals surface area contributed by atoms with Crippen LogP contribution in [0.15, 0.2) is 18.2 Å². The molecule has 0 aliphatic carbocycles. The largest absolute Gasteiger partial charge is 0.466 e. The van der Waals surface area contributed by atoms with Crippen molar-refractivity contribution in [1.82, 2.24) is 10.2 Å². The summed E-state index contributed by atoms with van der Waals surface area (Å²) in [7, 11) is 0. The second-order valence-electron chi connectivity index (χ2n) is 6.06. The lowest BCUT2D eigenvalue weighted by Crippen LogP contribution is -2.43. The van der Waals surface area contributed by atoms with Crippen molar-refractivity contribution in [2.24, 2.45) is 5.92 Å². The van der Waals surface area contributed by atoms with E-state index in [1.165, 1.54) is 0 Å². The van der Waals surface area contributed by atoms with Crippen LogP contribution < -0.4 is 5.32 Å². The van der Waals surface area contributed by atoms with Crippen LogP contribution in [-0.4, -0.2) is 48.9 Å². The van der Waals surface area contributed by atoms with Crippen LogP contribution in [0.5, 0.6) is 0 Å². The number of nitrogens with zero attached hydrogens (tertiary/aromatic N) is 1. The van der Waals surface area contributed by atoms with E-state index in [0.29, 0.717) is 38.6 Å². The van der Waals surface area contributed by atoms with Crippen molar-refractivity contribution in [2.75, 3.05) is 26.2 Å². The molecule has 0 spiro atoms. The highest BCUT2D eigenvalue weighted by Gasteiger charge is 2.29. The van der Waals surface area contributed by atoms with E-state index in [1.807, 2.05) is 0 Å². The van der Waals surface area contributed by atoms with Crippen LogP contribution >= 0.6 is 0 Å². The minimum Gasteiger partial charge on any atom is -0.466 e. The van der Waals surface area contributed by atoms with E-state index < -0.39 is 17.5 Å². The van der Waals surface area contributed by atoms with Gasteiger partial charge in [0.15, 0.2) is 0 Å². The number of likely N-dealkylation sites (tertiary alicyclic amines) is 1. The summed E-state index contributed by atoms with van der Waals surface area (Å²) < 4.78 is 31.4. The molecule has 1 saturated heterocycles. The fourth-order valence-electron chi connectivity index (χ4n) is 2.87. The van der Waals surface area contributed by atoms with Gasteiger partial charge in [0.2, 0.25) is 5.91 Å². The number of nitrogens with one attached hydrogen (secondary N) is 1. The Hall–Kier alpha value is -2.51. The summed E-state index contributed by atoms with van der Waals surface area (Å²) in [5.74, 6) is -3.25. The molecule has 0 aromatic heterocycles. The monoisotopic (exact) mass is 368 g/mol. The molecule has 2 amide bonds. The van der Waals surface area contributed by atoms with Gasteiger partial charge < -0.3 is 15.0 Å². The maximum atomic E-state index is 13.5. The topological polar surface area (TPSA) is 75.7 Å². The lowest BCUT2D eigenvalue weighted by atomic mass is 9.98. The Labute approximate surface area is 150 Å². The fourth-order valence-corrected chi connectivity index (χ4v) is 2.87. The van der Waals surface area contributed by atoms with Gasteiger partial charge in [-0.3, -0.25) is 14.4 Å². The summed E-state index contributed by atoms with van der Waals surface area (Å²) in [5, 5.41) is 2.44. The van der Waals surface area contributed by atoms with Crippen LogP contribution in [0.4, 0.5) is 8.78 Å². The van der Waals surface area contributed by atoms with Crippen LogP contribution in [0.25, 0.3) is 0 Å². The highest BCUT2D eigenvalue weighted by Crippen LogP contribution is 2.18. The first-order valence-corrected chi connectivity index (χ1v) is 8.60. The van der Waals surface area contributed by atoms with Crippen molar-refractivity contribution in [3.63, 3.8) is 0 Å². The average Bonchev–Trinajstić information content (AvgIpc) is 2.61. The summed E-state index contributed by atoms with van der Waals surface area (Å²) in [4.78, 5) is 37.5. The number of piperidine rings is 1. The summed E-state index contributed by atoms with van der Waals surface area (Å²) in [6, 6.07) is 2.67. The van der Waals surface area contributed by atoms with E-state index in [-0.39, 0.29) is 36.3 Å². The van der Waals surface area contributed by atoms with Crippen LogP contribution in [0.1, 0.15) is 36.5 Å². The standard InChI is InChI=1S/C18H22F2N2O4/c1-2-26-18(25)12-4-3-9-22(11-12)16(23)7-8-21-17(24)14-6-5-13(19)10-15(14)20/h5-6,10,12H,2-4,7-9,11H2,1H3,(H,21,24). The van der Waals surface area contributed by atoms with Crippen molar-refractivity contribution in [1.29, 1.82) is 0 Å². The quantitative estimate of drug-likeness (QED) is 0.778. The van der Waals surface area contributed by atoms with E-state index in [2.05, 4.69) is 5.32 Å². The molecule has 26 heavy (non-hydrogen) atoms. The molecule has 1 aromatic rings. The van der Waals surface area contributed by atoms with Gasteiger partial charge in [-0.15, -0.1) is 0 Å². The molecular weight excluding hydrogens is 346 g/mol. The second kappa shape index (κ2) is 9.26. The predicted molar refractivity (Wildman–Crippen MR) is 89.2 cm³/mol. The summed E-state index contributed by atoms with van der Waals surface area (Å²) in [6.07, 6.45) is 1.43. The van der Waals surface area contributed by atoms with Gasteiger partial charge in [-0.2, -0.15) is 0 Å². The van der Waals surface area contributed by atoms with Gasteiger partial charge >= 0.3 is 5.97 Å². The highest BCUT2D eigenvalue weighted by atomic mass is 19.1. The normalized spacial score (nSPS) is 16.9. The number of benzene rings is 1. The Morgan fingerprint density at radius 3 is 2.77 bits per heavy atom. The Morgan fingerprint density at radius 2 is 2.08 bits per heavy atom. The van der Waals surface area contributed by atoms with Gasteiger partial charge in [0.05, 0.1) is 18.1 Å². The van der Waals surface area contributed by atoms with Gasteiger partial charge in [-0.1, -0.05) is 0 Å². The van der Waals surface area contributed by atoms with Crippen molar-refractivity contribution in [3.8, 4) is 0 Å². The zero-order chi connectivity index (χ0) is 19.1. The zero-order valence-corrected chi connectivity index (χ0v) is 14.6. The molecule has 1 fully saturated rings. The summed E-state index contributed by atoms with van der Waals surface area (Å²) in [5.41, 5.74) is -0.279. The number of halogens is 2. The number of hydrogen-bond acceptors (Lipinski definition) is 4. The third-order valence-electron chi connectivity index (χ3n) is 4.19. The predicted octanol–water partition coefficient (Wildman–Crippen LogP) is 1.89. The first-order valence-electron chi connectivity index (χ1n) is 8.60. The Morgan fingerprint density at radius 1 is 1.31 bits per heavy atom. The molecule has 1 aliphatic heterocycles. The number of hydrogen-bond donors (Lipinski definition) is 1. The Balaban J connectivity index is 1.81. The summed E-state index contributed by atoms with van der Waals surface area (Å²) in [6.45, 7) is 2.91. The van der Waals surface area contributed by atoms with Crippen LogP contribution in [-0.2, 0) is 14.3 Å². The van der Waals surface area contributed by atoms with E-state index in [4.69, 9.17) is 4.74 Å². The first-order chi connectivity index (χ1) is 12.4. The van der Waals surface area contributed by atoms with Gasteiger partial charge in [0.1, 0.15) is 11.6 Å². The smallest absolute Gasteiger partial charge is 0.310 e. The second-order valence-corrected chi connectivity index (χ2v) is 6.06. The number of amides is 2. The molecule has 0 saturated carbocycles. The molecule has 0 bridgehead atoms. The molecule has 8 heteroatoms. The van der Waals surface area contributed by atoms with Gasteiger partial charge in [-0.25, -0.2) is 8.78 Å². The molecule has 0 radical (unpaired) electrons. The molecule has 1 heterocycles. The molecule has 1 unspecified atom stereocenters. The van der Waals surface area contributed by atoms with Gasteiger partial charge in [0, 0.05) is 32.1 Å². The van der Waals surface area contributed by atoms with Crippen molar-refractivity contribution in [3.05, 3.63) is 35.4 Å². The zero-order valence-electron chi connectivity index (χ0n) is 14.6. The van der Waals surface area contributed by atoms with Gasteiger partial charge in [-0.05, 0) is 31.9 Å². The number of carbonyl (C=O) groups excluding carboxylic acids is 3. The van der Waals surface area contributed by atoms with E-state index in [0.717, 1.165) is 12.1 Å². The maximum absolute atomic E-state index is 13.5. The molecule has 142 valence electrons. The van der Waals surface area contributed by atoms with Crippen molar-refractivity contribution < 1.29 is 27.9 Å². The fraction of sp³-hybridized carbons (Fsp3) is 0.500. The van der Waals surface area contributed by atoms with Crippen LogP contribution in [0, 0.1) is 17.6 Å². The molecule has 6 nitrogen and oxygen atoms in total. The number of carbonyl (C=O) groups is 3. The lowest BCUT2D eigenvalue weighted by molar-refractivity contribution is -0.151. The molecule has 1 aromatic carbocycles. The first kappa shape index (κ1) is 19.8. The average molecular weight is 368 g/mol. The number of rotatable bonds is 6. The third-order valence-corrected chi connectivity index (χ3v) is 4.19. The van der Waals surface area contributed by atoms with Crippen LogP contribution in [0.2, 0.25) is 0 Å². The molecule has 2 rings (SSSR count).